The van der Waals surface area contributed by atoms with Crippen LogP contribution in [0.4, 0.5) is 5.69 Å². The Kier molecular flexibility index (Phi) is 18.6. The number of carbonyl (C=O) groups excluding carboxylic acids is 4. The second-order valence-corrected chi connectivity index (χ2v) is 29.6. The molecule has 0 heterocycles. The average molecular weight is 937 g/mol. The molecule has 0 spiro atoms. The molecule has 0 aromatic heterocycles. The highest BCUT2D eigenvalue weighted by atomic mass is 16.5. The summed E-state index contributed by atoms with van der Waals surface area (Å²) in [4.78, 5) is 53.9. The number of anilines is 1. The Bertz CT molecular complexity index is 1860. The van der Waals surface area contributed by atoms with Gasteiger partial charge in [-0.2, -0.15) is 0 Å². The first-order valence-electron chi connectivity index (χ1n) is 25.7. The van der Waals surface area contributed by atoms with Crippen LogP contribution < -0.4 is 10.6 Å². The Balaban J connectivity index is 2.04. The lowest BCUT2D eigenvalue weighted by molar-refractivity contribution is -0.176. The smallest absolute Gasteiger partial charge is 0.230 e. The number of hydrogen-bond acceptors (Lipinski definition) is 6. The first kappa shape index (κ1) is 60.5. The van der Waals surface area contributed by atoms with Crippen molar-refractivity contribution in [2.24, 2.45) is 49.2 Å². The van der Waals surface area contributed by atoms with Crippen LogP contribution in [0.15, 0.2) is 24.3 Å². The summed E-state index contributed by atoms with van der Waals surface area (Å²) in [5, 5.41) is 6.38. The number of benzene rings is 1. The minimum absolute atomic E-state index is 0.0543. The Morgan fingerprint density at radius 1 is 0.567 bits per heavy atom. The van der Waals surface area contributed by atoms with Crippen LogP contribution in [0.3, 0.4) is 0 Å². The largest absolute Gasteiger partial charge is 0.374 e. The minimum atomic E-state index is -0.841. The zero-order valence-corrected chi connectivity index (χ0v) is 48.1. The number of rotatable bonds is 24. The van der Waals surface area contributed by atoms with E-state index in [1.54, 1.807) is 0 Å². The zero-order chi connectivity index (χ0) is 52.5. The van der Waals surface area contributed by atoms with Gasteiger partial charge in [-0.15, -0.1) is 0 Å². The number of ether oxygens (including phenoxy) is 2. The van der Waals surface area contributed by atoms with Crippen molar-refractivity contribution in [1.82, 2.24) is 5.32 Å². The third-order valence-electron chi connectivity index (χ3n) is 15.7. The van der Waals surface area contributed by atoms with Crippen molar-refractivity contribution in [3.63, 3.8) is 0 Å². The number of hydrogen-bond donors (Lipinski definition) is 2. The number of nitrogens with one attached hydrogen (secondary N) is 2. The van der Waals surface area contributed by atoms with Crippen molar-refractivity contribution in [2.75, 3.05) is 18.5 Å². The molecule has 2 N–H and O–H groups in total. The lowest BCUT2D eigenvalue weighted by Gasteiger charge is -2.51. The number of Topliss-reactive ketones (excluding diaryl/α,β-unsaturated/α-hetero) is 2. The molecule has 1 aromatic carbocycles. The predicted molar refractivity (Wildman–Crippen MR) is 281 cm³/mol. The van der Waals surface area contributed by atoms with Gasteiger partial charge in [0.1, 0.15) is 11.6 Å². The molecule has 8 heteroatoms. The van der Waals surface area contributed by atoms with E-state index in [1.807, 2.05) is 65.8 Å². The summed E-state index contributed by atoms with van der Waals surface area (Å²) in [6, 6.07) is 7.85. The first-order valence-corrected chi connectivity index (χ1v) is 25.7. The van der Waals surface area contributed by atoms with Gasteiger partial charge in [0.25, 0.3) is 0 Å². The van der Waals surface area contributed by atoms with Crippen molar-refractivity contribution in [2.45, 2.75) is 253 Å². The van der Waals surface area contributed by atoms with Crippen LogP contribution in [-0.2, 0) is 34.1 Å². The van der Waals surface area contributed by atoms with Crippen LogP contribution in [0, 0.1) is 49.2 Å². The Morgan fingerprint density at radius 2 is 1.07 bits per heavy atom. The summed E-state index contributed by atoms with van der Waals surface area (Å²) >= 11 is 0. The average Bonchev–Trinajstić information content (AvgIpc) is 3.09. The van der Waals surface area contributed by atoms with Gasteiger partial charge in [0.05, 0.1) is 29.3 Å². The molecule has 8 nitrogen and oxygen atoms in total. The molecule has 1 aliphatic carbocycles. The molecule has 386 valence electrons. The van der Waals surface area contributed by atoms with Crippen LogP contribution in [-0.4, -0.2) is 53.3 Å². The molecule has 1 unspecified atom stereocenters. The molecular formula is C59H104N2O6. The van der Waals surface area contributed by atoms with Gasteiger partial charge in [-0.3, -0.25) is 19.2 Å². The summed E-state index contributed by atoms with van der Waals surface area (Å²) in [5.41, 5.74) is -2.42. The number of ketones is 2. The standard InChI is InChI=1S/C59H104N2O6/c1-48(2,3)34-57(20,21)67-58(22,23)38-54(14,15)56(18,19)40-66-59(24,25)55(16,17)35-49(4,5)39-60-46(64)52(10,11)37-53(12,13)47(65)61-42-32-30-41(31-33-42)50(6,7)36-51(8,9)45(63)43-28-26-27-29-44(43)62/h30-33,43H,26-29,34-40H2,1-25H3,(H,60,64)(H,61,65). The molecule has 1 saturated carbocycles. The molecule has 0 radical (unpaired) electrons. The molecule has 2 amide bonds. The van der Waals surface area contributed by atoms with Crippen molar-refractivity contribution in [3.8, 4) is 0 Å². The Labute approximate surface area is 412 Å². The van der Waals surface area contributed by atoms with Gasteiger partial charge in [0.15, 0.2) is 0 Å². The van der Waals surface area contributed by atoms with E-state index >= 15 is 0 Å². The fourth-order valence-electron chi connectivity index (χ4n) is 11.8. The lowest BCUT2D eigenvalue weighted by atomic mass is 9.63. The summed E-state index contributed by atoms with van der Waals surface area (Å²) in [5.74, 6) is -0.570. The monoisotopic (exact) mass is 937 g/mol. The van der Waals surface area contributed by atoms with Gasteiger partial charge >= 0.3 is 0 Å². The second-order valence-electron chi connectivity index (χ2n) is 29.6. The van der Waals surface area contributed by atoms with E-state index in [0.29, 0.717) is 44.5 Å². The molecule has 67 heavy (non-hydrogen) atoms. The second kappa shape index (κ2) is 20.6. The summed E-state index contributed by atoms with van der Waals surface area (Å²) in [7, 11) is 0. The fraction of sp³-hybridized carbons (Fsp3) is 0.831. The maximum Gasteiger partial charge on any atom is 0.230 e. The quantitative estimate of drug-likeness (QED) is 0.0999. The highest BCUT2D eigenvalue weighted by molar-refractivity contribution is 6.05. The van der Waals surface area contributed by atoms with Gasteiger partial charge in [0.2, 0.25) is 11.8 Å². The van der Waals surface area contributed by atoms with Gasteiger partial charge in [-0.25, -0.2) is 0 Å². The highest BCUT2D eigenvalue weighted by Crippen LogP contribution is 2.50. The molecule has 0 saturated heterocycles. The fourth-order valence-corrected chi connectivity index (χ4v) is 11.8. The number of carbonyl (C=O) groups is 4. The molecule has 1 atom stereocenters. The SMILES string of the molecule is CC(C)(C)CC(C)(C)OC(C)(C)CC(C)(C)C(C)(C)COC(C)(C)C(C)(C)CC(C)(C)CNC(=O)C(C)(C)CC(C)(C)C(=O)Nc1ccc(C(C)(C)CC(C)(C)C(=O)C2CCCCC2=O)cc1. The van der Waals surface area contributed by atoms with Crippen molar-refractivity contribution in [1.29, 1.82) is 0 Å². The molecule has 2 rings (SSSR count). The molecule has 1 aromatic rings. The summed E-state index contributed by atoms with van der Waals surface area (Å²) in [6.07, 6.45) is 6.61. The van der Waals surface area contributed by atoms with E-state index in [2.05, 4.69) is 142 Å². The summed E-state index contributed by atoms with van der Waals surface area (Å²) < 4.78 is 13.8. The third-order valence-corrected chi connectivity index (χ3v) is 15.7. The van der Waals surface area contributed by atoms with Crippen LogP contribution in [0.5, 0.6) is 0 Å². The topological polar surface area (TPSA) is 111 Å². The van der Waals surface area contributed by atoms with Crippen LogP contribution >= 0.6 is 0 Å². The van der Waals surface area contributed by atoms with Gasteiger partial charge in [-0.05, 0) is 137 Å². The van der Waals surface area contributed by atoms with Crippen LogP contribution in [0.25, 0.3) is 0 Å². The van der Waals surface area contributed by atoms with Crippen LogP contribution in [0.2, 0.25) is 0 Å². The van der Waals surface area contributed by atoms with E-state index in [0.717, 1.165) is 37.7 Å². The molecule has 1 aliphatic rings. The normalized spacial score (nSPS) is 17.1. The maximum absolute atomic E-state index is 13.9. The Hall–Kier alpha value is -2.58. The lowest BCUT2D eigenvalue weighted by Crippen LogP contribution is -2.51. The van der Waals surface area contributed by atoms with Gasteiger partial charge in [0, 0.05) is 34.9 Å². The maximum atomic E-state index is 13.9. The van der Waals surface area contributed by atoms with Crippen molar-refractivity contribution in [3.05, 3.63) is 29.8 Å². The highest BCUT2D eigenvalue weighted by Gasteiger charge is 2.48. The Morgan fingerprint density at radius 3 is 1.58 bits per heavy atom. The van der Waals surface area contributed by atoms with E-state index in [1.165, 1.54) is 0 Å². The van der Waals surface area contributed by atoms with E-state index in [4.69, 9.17) is 9.47 Å². The zero-order valence-electron chi connectivity index (χ0n) is 48.1. The van der Waals surface area contributed by atoms with E-state index in [-0.39, 0.29) is 67.1 Å². The first-order chi connectivity index (χ1) is 29.6. The third kappa shape index (κ3) is 17.4. The van der Waals surface area contributed by atoms with Crippen molar-refractivity contribution >= 4 is 29.1 Å². The summed E-state index contributed by atoms with van der Waals surface area (Å²) in [6.45, 7) is 55.3. The predicted octanol–water partition coefficient (Wildman–Crippen LogP) is 14.9. The van der Waals surface area contributed by atoms with E-state index in [9.17, 15) is 19.2 Å². The van der Waals surface area contributed by atoms with Gasteiger partial charge < -0.3 is 20.1 Å². The molecule has 0 aliphatic heterocycles. The van der Waals surface area contributed by atoms with Crippen molar-refractivity contribution < 1.29 is 28.7 Å². The molecule has 1 fully saturated rings. The minimum Gasteiger partial charge on any atom is -0.374 e. The molecular weight excluding hydrogens is 833 g/mol. The number of amides is 2. The van der Waals surface area contributed by atoms with E-state index < -0.39 is 27.8 Å². The molecule has 0 bridgehead atoms. The van der Waals surface area contributed by atoms with Gasteiger partial charge in [-0.1, -0.05) is 150 Å². The van der Waals surface area contributed by atoms with Crippen LogP contribution in [0.1, 0.15) is 236 Å².